The number of benzene rings is 2. The van der Waals surface area contributed by atoms with E-state index in [1.165, 1.54) is 0 Å². The second-order valence-electron chi connectivity index (χ2n) is 5.67. The molecule has 0 unspecified atom stereocenters. The van der Waals surface area contributed by atoms with Gasteiger partial charge in [-0.25, -0.2) is 0 Å². The van der Waals surface area contributed by atoms with Crippen molar-refractivity contribution in [2.75, 3.05) is 6.61 Å². The lowest BCUT2D eigenvalue weighted by molar-refractivity contribution is -0.136. The van der Waals surface area contributed by atoms with E-state index in [-0.39, 0.29) is 6.42 Å². The van der Waals surface area contributed by atoms with E-state index in [1.807, 2.05) is 38.1 Å². The number of fused-ring (bicyclic) bond motifs is 1. The Morgan fingerprint density at radius 2 is 2.04 bits per heavy atom. The molecule has 0 bridgehead atoms. The average Bonchev–Trinajstić information content (AvgIpc) is 2.87. The van der Waals surface area contributed by atoms with E-state index >= 15 is 0 Å². The van der Waals surface area contributed by atoms with Crippen molar-refractivity contribution in [3.05, 3.63) is 52.5 Å². The van der Waals surface area contributed by atoms with Crippen LogP contribution in [-0.2, 0) is 11.2 Å². The van der Waals surface area contributed by atoms with Crippen LogP contribution in [0.2, 0.25) is 5.02 Å². The van der Waals surface area contributed by atoms with Gasteiger partial charge in [-0.3, -0.25) is 4.79 Å². The normalized spacial score (nSPS) is 11.0. The van der Waals surface area contributed by atoms with Crippen LogP contribution in [0.25, 0.3) is 22.2 Å². The fourth-order valence-electron chi connectivity index (χ4n) is 2.91. The predicted molar refractivity (Wildman–Crippen MR) is 96.0 cm³/mol. The van der Waals surface area contributed by atoms with Crippen LogP contribution < -0.4 is 4.74 Å². The van der Waals surface area contributed by atoms with Gasteiger partial charge in [0.15, 0.2) is 0 Å². The number of aromatic nitrogens is 1. The molecule has 0 aliphatic heterocycles. The van der Waals surface area contributed by atoms with Gasteiger partial charge in [-0.2, -0.15) is 0 Å². The molecule has 0 spiro atoms. The minimum absolute atomic E-state index is 0.0726. The molecule has 0 amide bonds. The summed E-state index contributed by atoms with van der Waals surface area (Å²) in [5.74, 6) is -0.199. The molecule has 0 aliphatic rings. The zero-order valence-electron chi connectivity index (χ0n) is 13.5. The molecule has 3 aromatic rings. The topological polar surface area (TPSA) is 62.3 Å². The predicted octanol–water partition coefficient (Wildman–Crippen LogP) is 4.82. The summed E-state index contributed by atoms with van der Waals surface area (Å²) in [4.78, 5) is 14.7. The molecule has 0 saturated heterocycles. The molecule has 0 radical (unpaired) electrons. The summed E-state index contributed by atoms with van der Waals surface area (Å²) in [7, 11) is 0. The second-order valence-corrected chi connectivity index (χ2v) is 6.11. The largest absolute Gasteiger partial charge is 0.493 e. The maximum Gasteiger partial charge on any atom is 0.307 e. The third-order valence-electron chi connectivity index (χ3n) is 3.90. The van der Waals surface area contributed by atoms with E-state index in [0.29, 0.717) is 17.4 Å². The van der Waals surface area contributed by atoms with Gasteiger partial charge in [0.25, 0.3) is 0 Å². The molecule has 124 valence electrons. The molecule has 0 aliphatic carbocycles. The number of aryl methyl sites for hydroxylation is 1. The van der Waals surface area contributed by atoms with Crippen molar-refractivity contribution in [3.8, 4) is 17.0 Å². The van der Waals surface area contributed by atoms with Crippen LogP contribution in [0.5, 0.6) is 5.75 Å². The number of carbonyl (C=O) groups is 1. The molecule has 1 aromatic heterocycles. The highest BCUT2D eigenvalue weighted by Gasteiger charge is 2.19. The molecule has 24 heavy (non-hydrogen) atoms. The highest BCUT2D eigenvalue weighted by Crippen LogP contribution is 2.38. The van der Waals surface area contributed by atoms with E-state index in [1.54, 1.807) is 12.1 Å². The number of H-pyrrole nitrogens is 1. The number of ether oxygens (including phenoxy) is 1. The van der Waals surface area contributed by atoms with Crippen LogP contribution >= 0.6 is 11.6 Å². The average molecular weight is 344 g/mol. The van der Waals surface area contributed by atoms with Crippen molar-refractivity contribution >= 4 is 28.5 Å². The first-order chi connectivity index (χ1) is 11.5. The lowest BCUT2D eigenvalue weighted by Gasteiger charge is -2.11. The number of aliphatic carboxylic acids is 1. The Balaban J connectivity index is 2.29. The van der Waals surface area contributed by atoms with Gasteiger partial charge in [-0.05, 0) is 49.7 Å². The molecule has 0 saturated carbocycles. The van der Waals surface area contributed by atoms with Gasteiger partial charge in [0.1, 0.15) is 5.75 Å². The van der Waals surface area contributed by atoms with Crippen molar-refractivity contribution < 1.29 is 14.6 Å². The summed E-state index contributed by atoms with van der Waals surface area (Å²) in [6.45, 7) is 4.41. The van der Waals surface area contributed by atoms with Crippen molar-refractivity contribution in [2.45, 2.75) is 20.3 Å². The first-order valence-electron chi connectivity index (χ1n) is 7.75. The number of hydrogen-bond donors (Lipinski definition) is 2. The van der Waals surface area contributed by atoms with Gasteiger partial charge >= 0.3 is 5.97 Å². The maximum absolute atomic E-state index is 11.4. The molecule has 4 nitrogen and oxygen atoms in total. The Labute approximate surface area is 145 Å². The van der Waals surface area contributed by atoms with Crippen molar-refractivity contribution in [2.24, 2.45) is 0 Å². The van der Waals surface area contributed by atoms with Gasteiger partial charge in [-0.1, -0.05) is 23.2 Å². The maximum atomic E-state index is 11.4. The first kappa shape index (κ1) is 16.4. The molecule has 2 aromatic carbocycles. The highest BCUT2D eigenvalue weighted by molar-refractivity contribution is 6.31. The quantitative estimate of drug-likeness (QED) is 0.698. The standard InChI is InChI=1S/C19H18ClNO3/c1-3-24-17-7-5-12(20)9-15(17)19-14(10-18(22)23)13-8-11(2)4-6-16(13)21-19/h4-9,21H,3,10H2,1-2H3,(H,22,23). The summed E-state index contributed by atoms with van der Waals surface area (Å²) >= 11 is 6.16. The third-order valence-corrected chi connectivity index (χ3v) is 4.14. The number of rotatable bonds is 5. The van der Waals surface area contributed by atoms with E-state index in [9.17, 15) is 9.90 Å². The Morgan fingerprint density at radius 1 is 1.25 bits per heavy atom. The van der Waals surface area contributed by atoms with E-state index in [4.69, 9.17) is 16.3 Å². The number of carboxylic acids is 1. The van der Waals surface area contributed by atoms with Gasteiger partial charge in [0, 0.05) is 21.5 Å². The highest BCUT2D eigenvalue weighted by atomic mass is 35.5. The number of halogens is 1. The Bertz CT molecular complexity index is 914. The number of aromatic amines is 1. The zero-order chi connectivity index (χ0) is 17.3. The van der Waals surface area contributed by atoms with Gasteiger partial charge < -0.3 is 14.8 Å². The molecule has 3 rings (SSSR count). The van der Waals surface area contributed by atoms with Crippen LogP contribution in [0, 0.1) is 6.92 Å². The van der Waals surface area contributed by atoms with Crippen molar-refractivity contribution in [1.29, 1.82) is 0 Å². The zero-order valence-corrected chi connectivity index (χ0v) is 14.3. The van der Waals surface area contributed by atoms with Crippen LogP contribution in [0.3, 0.4) is 0 Å². The number of hydrogen-bond acceptors (Lipinski definition) is 2. The molecule has 0 fully saturated rings. The fourth-order valence-corrected chi connectivity index (χ4v) is 3.08. The van der Waals surface area contributed by atoms with E-state index in [2.05, 4.69) is 4.98 Å². The molecular weight excluding hydrogens is 326 g/mol. The minimum Gasteiger partial charge on any atom is -0.493 e. The molecule has 1 heterocycles. The monoisotopic (exact) mass is 343 g/mol. The summed E-state index contributed by atoms with van der Waals surface area (Å²) in [5, 5.41) is 10.8. The van der Waals surface area contributed by atoms with E-state index < -0.39 is 5.97 Å². The van der Waals surface area contributed by atoms with Crippen LogP contribution in [0.4, 0.5) is 0 Å². The minimum atomic E-state index is -0.876. The fraction of sp³-hybridized carbons (Fsp3) is 0.211. The molecule has 5 heteroatoms. The third kappa shape index (κ3) is 3.10. The SMILES string of the molecule is CCOc1ccc(Cl)cc1-c1[nH]c2ccc(C)cc2c1CC(=O)O. The van der Waals surface area contributed by atoms with E-state index in [0.717, 1.165) is 33.3 Å². The Hall–Kier alpha value is -2.46. The summed E-state index contributed by atoms with van der Waals surface area (Å²) < 4.78 is 5.70. The Morgan fingerprint density at radius 3 is 2.75 bits per heavy atom. The number of nitrogens with one attached hydrogen (secondary N) is 1. The summed E-state index contributed by atoms with van der Waals surface area (Å²) in [5.41, 5.74) is 4.23. The molecule has 0 atom stereocenters. The Kier molecular flexibility index (Phi) is 4.49. The summed E-state index contributed by atoms with van der Waals surface area (Å²) in [6.07, 6.45) is -0.0726. The second kappa shape index (κ2) is 6.57. The molecular formula is C19H18ClNO3. The number of carboxylic acid groups (broad SMARTS) is 1. The van der Waals surface area contributed by atoms with Crippen LogP contribution in [0.15, 0.2) is 36.4 Å². The lowest BCUT2D eigenvalue weighted by atomic mass is 10.0. The van der Waals surface area contributed by atoms with Crippen molar-refractivity contribution in [1.82, 2.24) is 4.98 Å². The molecule has 2 N–H and O–H groups in total. The van der Waals surface area contributed by atoms with Gasteiger partial charge in [0.05, 0.1) is 18.7 Å². The smallest absolute Gasteiger partial charge is 0.307 e. The van der Waals surface area contributed by atoms with Crippen molar-refractivity contribution in [3.63, 3.8) is 0 Å². The first-order valence-corrected chi connectivity index (χ1v) is 8.13. The lowest BCUT2D eigenvalue weighted by Crippen LogP contribution is -2.02. The van der Waals surface area contributed by atoms with Gasteiger partial charge in [-0.15, -0.1) is 0 Å². The van der Waals surface area contributed by atoms with Gasteiger partial charge in [0.2, 0.25) is 0 Å². The summed E-state index contributed by atoms with van der Waals surface area (Å²) in [6, 6.07) is 11.3. The van der Waals surface area contributed by atoms with Crippen LogP contribution in [-0.4, -0.2) is 22.7 Å². The van der Waals surface area contributed by atoms with Crippen LogP contribution in [0.1, 0.15) is 18.1 Å².